The Morgan fingerprint density at radius 3 is 2.91 bits per heavy atom. The third-order valence-corrected chi connectivity index (χ3v) is 3.78. The molecule has 0 amide bonds. The number of rotatable bonds is 1. The van der Waals surface area contributed by atoms with Gasteiger partial charge in [-0.3, -0.25) is 0 Å². The molecule has 4 atom stereocenters. The van der Waals surface area contributed by atoms with Crippen molar-refractivity contribution < 1.29 is 9.47 Å². The van der Waals surface area contributed by atoms with Gasteiger partial charge in [-0.25, -0.2) is 0 Å². The Bertz CT molecular complexity index is 155. The smallest absolute Gasteiger partial charge is 0.170 e. The van der Waals surface area contributed by atoms with Gasteiger partial charge in [0, 0.05) is 18.9 Å². The van der Waals surface area contributed by atoms with E-state index in [4.69, 9.17) is 15.2 Å². The highest BCUT2D eigenvalue weighted by molar-refractivity contribution is 8.00. The lowest BCUT2D eigenvalue weighted by Gasteiger charge is -2.44. The van der Waals surface area contributed by atoms with Gasteiger partial charge in [0.2, 0.25) is 0 Å². The predicted molar refractivity (Wildman–Crippen MR) is 44.5 cm³/mol. The summed E-state index contributed by atoms with van der Waals surface area (Å²) in [5.74, 6) is 1.08. The molecule has 0 aromatic rings. The Labute approximate surface area is 70.6 Å². The van der Waals surface area contributed by atoms with Crippen LogP contribution in [0, 0.1) is 0 Å². The summed E-state index contributed by atoms with van der Waals surface area (Å²) in [4.78, 5) is 0. The highest BCUT2D eigenvalue weighted by Crippen LogP contribution is 2.36. The van der Waals surface area contributed by atoms with Crippen LogP contribution in [0.3, 0.4) is 0 Å². The number of methoxy groups -OCH3 is 1. The van der Waals surface area contributed by atoms with Crippen molar-refractivity contribution in [3.63, 3.8) is 0 Å². The van der Waals surface area contributed by atoms with Gasteiger partial charge in [-0.1, -0.05) is 0 Å². The fourth-order valence-electron chi connectivity index (χ4n) is 1.68. The van der Waals surface area contributed by atoms with Gasteiger partial charge >= 0.3 is 0 Å². The Balaban J connectivity index is 2.07. The molecule has 11 heavy (non-hydrogen) atoms. The van der Waals surface area contributed by atoms with Crippen LogP contribution >= 0.6 is 11.8 Å². The summed E-state index contributed by atoms with van der Waals surface area (Å²) in [6.45, 7) is 0. The van der Waals surface area contributed by atoms with E-state index in [9.17, 15) is 0 Å². The van der Waals surface area contributed by atoms with E-state index in [1.54, 1.807) is 7.11 Å². The maximum atomic E-state index is 5.91. The van der Waals surface area contributed by atoms with Crippen molar-refractivity contribution in [3.05, 3.63) is 0 Å². The fraction of sp³-hybridized carbons (Fsp3) is 1.00. The minimum Gasteiger partial charge on any atom is -0.355 e. The third-order valence-electron chi connectivity index (χ3n) is 2.26. The summed E-state index contributed by atoms with van der Waals surface area (Å²) in [5.41, 5.74) is 5.91. The van der Waals surface area contributed by atoms with Crippen LogP contribution in [-0.4, -0.2) is 36.5 Å². The van der Waals surface area contributed by atoms with Crippen molar-refractivity contribution in [2.75, 3.05) is 12.9 Å². The minimum absolute atomic E-state index is 0.0671. The van der Waals surface area contributed by atoms with E-state index in [0.717, 1.165) is 12.2 Å². The van der Waals surface area contributed by atoms with Gasteiger partial charge in [0.25, 0.3) is 0 Å². The first-order valence-electron chi connectivity index (χ1n) is 3.86. The normalized spacial score (nSPS) is 49.6. The fourth-order valence-corrected chi connectivity index (χ4v) is 3.02. The van der Waals surface area contributed by atoms with Crippen LogP contribution in [0.4, 0.5) is 0 Å². The van der Waals surface area contributed by atoms with Gasteiger partial charge in [0.15, 0.2) is 6.29 Å². The molecule has 4 heteroatoms. The number of ether oxygens (including phenoxy) is 2. The SMILES string of the molecule is COC1O[C@@H]2CSC1[C@@H](N)C2. The molecule has 3 aliphatic heterocycles. The summed E-state index contributed by atoms with van der Waals surface area (Å²) >= 11 is 1.88. The molecular formula is C7H13NO2S. The van der Waals surface area contributed by atoms with Crippen molar-refractivity contribution in [3.8, 4) is 0 Å². The lowest BCUT2D eigenvalue weighted by Crippen LogP contribution is -2.56. The molecular weight excluding hydrogens is 162 g/mol. The van der Waals surface area contributed by atoms with E-state index < -0.39 is 0 Å². The van der Waals surface area contributed by atoms with E-state index >= 15 is 0 Å². The number of fused-ring (bicyclic) bond motifs is 3. The summed E-state index contributed by atoms with van der Waals surface area (Å²) in [6, 6.07) is 0.262. The van der Waals surface area contributed by atoms with Crippen LogP contribution in [0.2, 0.25) is 0 Å². The van der Waals surface area contributed by atoms with E-state index in [0.29, 0.717) is 11.4 Å². The second kappa shape index (κ2) is 2.94. The number of thioether (sulfide) groups is 1. The Morgan fingerprint density at radius 2 is 2.45 bits per heavy atom. The molecule has 0 aromatic carbocycles. The Kier molecular flexibility index (Phi) is 2.10. The van der Waals surface area contributed by atoms with Crippen molar-refractivity contribution in [1.29, 1.82) is 0 Å². The third kappa shape index (κ3) is 1.28. The van der Waals surface area contributed by atoms with Crippen LogP contribution in [0.5, 0.6) is 0 Å². The van der Waals surface area contributed by atoms with Gasteiger partial charge in [0.05, 0.1) is 11.4 Å². The highest BCUT2D eigenvalue weighted by Gasteiger charge is 2.42. The molecule has 0 aliphatic carbocycles. The molecule has 3 rings (SSSR count). The first kappa shape index (κ1) is 7.86. The van der Waals surface area contributed by atoms with Crippen molar-refractivity contribution in [2.24, 2.45) is 5.73 Å². The summed E-state index contributed by atoms with van der Waals surface area (Å²) in [5, 5.41) is 0.352. The lowest BCUT2D eigenvalue weighted by molar-refractivity contribution is -0.178. The second-order valence-electron chi connectivity index (χ2n) is 3.06. The molecule has 3 aliphatic rings. The van der Waals surface area contributed by atoms with Crippen molar-refractivity contribution in [2.45, 2.75) is 30.1 Å². The first-order chi connectivity index (χ1) is 5.31. The molecule has 3 nitrogen and oxygen atoms in total. The Hall–Kier alpha value is 0.230. The maximum Gasteiger partial charge on any atom is 0.170 e. The zero-order valence-electron chi connectivity index (χ0n) is 6.53. The number of nitrogens with two attached hydrogens (primary N) is 1. The average molecular weight is 175 g/mol. The quantitative estimate of drug-likeness (QED) is 0.618. The zero-order chi connectivity index (χ0) is 7.84. The number of hydrogen-bond donors (Lipinski definition) is 1. The first-order valence-corrected chi connectivity index (χ1v) is 4.91. The molecule has 2 N–H and O–H groups in total. The van der Waals surface area contributed by atoms with Gasteiger partial charge in [0.1, 0.15) is 0 Å². The largest absolute Gasteiger partial charge is 0.355 e. The molecule has 64 valence electrons. The van der Waals surface area contributed by atoms with Gasteiger partial charge in [-0.05, 0) is 6.42 Å². The molecule has 0 radical (unpaired) electrons. The summed E-state index contributed by atoms with van der Waals surface area (Å²) < 4.78 is 10.8. The van der Waals surface area contributed by atoms with E-state index in [1.165, 1.54) is 0 Å². The monoisotopic (exact) mass is 175 g/mol. The average Bonchev–Trinajstić information content (AvgIpc) is 2.04. The minimum atomic E-state index is -0.0671. The predicted octanol–water partition coefficient (Wildman–Crippen LogP) is 0.191. The molecule has 3 saturated heterocycles. The highest BCUT2D eigenvalue weighted by atomic mass is 32.2. The topological polar surface area (TPSA) is 44.5 Å². The summed E-state index contributed by atoms with van der Waals surface area (Å²) in [7, 11) is 1.68. The molecule has 0 aromatic heterocycles. The van der Waals surface area contributed by atoms with E-state index in [-0.39, 0.29) is 12.3 Å². The van der Waals surface area contributed by atoms with Crippen LogP contribution in [0.25, 0.3) is 0 Å². The number of hydrogen-bond acceptors (Lipinski definition) is 4. The Morgan fingerprint density at radius 1 is 1.64 bits per heavy atom. The molecule has 3 fully saturated rings. The van der Waals surface area contributed by atoms with E-state index in [1.807, 2.05) is 11.8 Å². The molecule has 2 bridgehead atoms. The van der Waals surface area contributed by atoms with Gasteiger partial charge in [-0.15, -0.1) is 11.8 Å². The molecule has 0 spiro atoms. The maximum absolute atomic E-state index is 5.91. The van der Waals surface area contributed by atoms with Gasteiger partial charge in [-0.2, -0.15) is 0 Å². The van der Waals surface area contributed by atoms with Crippen LogP contribution in [-0.2, 0) is 9.47 Å². The standard InChI is InChI=1S/C7H13NO2S/c1-9-7-6-5(8)2-4(10-7)3-11-6/h4-7H,2-3,8H2,1H3/t4-,5-,6?,7?/m0/s1. The second-order valence-corrected chi connectivity index (χ2v) is 4.27. The lowest BCUT2D eigenvalue weighted by atomic mass is 10.0. The van der Waals surface area contributed by atoms with E-state index in [2.05, 4.69) is 0 Å². The van der Waals surface area contributed by atoms with Crippen LogP contribution in [0.15, 0.2) is 0 Å². The van der Waals surface area contributed by atoms with Crippen LogP contribution < -0.4 is 5.73 Å². The molecule has 2 unspecified atom stereocenters. The van der Waals surface area contributed by atoms with Crippen molar-refractivity contribution >= 4 is 11.8 Å². The molecule has 0 saturated carbocycles. The van der Waals surface area contributed by atoms with Crippen LogP contribution in [0.1, 0.15) is 6.42 Å². The van der Waals surface area contributed by atoms with Gasteiger partial charge < -0.3 is 15.2 Å². The molecule has 3 heterocycles. The van der Waals surface area contributed by atoms with Crippen molar-refractivity contribution in [1.82, 2.24) is 0 Å². The zero-order valence-corrected chi connectivity index (χ0v) is 7.34. The summed E-state index contributed by atoms with van der Waals surface area (Å²) in [6.07, 6.45) is 1.25.